The average molecular weight is 386 g/mol. The molecule has 1 heterocycles. The molecule has 0 aromatic heterocycles. The lowest BCUT2D eigenvalue weighted by atomic mass is 10.1. The molecular formula is C19H16ClN3O2S. The Morgan fingerprint density at radius 3 is 2.58 bits per heavy atom. The number of hydrogen-bond acceptors (Lipinski definition) is 3. The standard InChI is InChI=1S/C19H16ClN3O2S/c1-12(24)21-15-8-6-13(7-9-15)10-17-18(25)23(19(26)22-17)11-14-4-2-3-5-16(14)20/h2-10H,11H2,1H3,(H,21,24)(H,22,26)/b17-10-. The van der Waals surface area contributed by atoms with Gasteiger partial charge in [0.1, 0.15) is 5.70 Å². The Kier molecular flexibility index (Phi) is 5.35. The summed E-state index contributed by atoms with van der Waals surface area (Å²) in [4.78, 5) is 25.2. The van der Waals surface area contributed by atoms with Gasteiger partial charge in [0, 0.05) is 17.6 Å². The predicted octanol–water partition coefficient (Wildman–Crippen LogP) is 3.56. The average Bonchev–Trinajstić information content (AvgIpc) is 2.85. The molecule has 1 fully saturated rings. The molecular weight excluding hydrogens is 370 g/mol. The number of rotatable bonds is 4. The first kappa shape index (κ1) is 18.1. The lowest BCUT2D eigenvalue weighted by Crippen LogP contribution is -2.30. The van der Waals surface area contributed by atoms with Crippen LogP contribution in [-0.2, 0) is 16.1 Å². The van der Waals surface area contributed by atoms with Gasteiger partial charge in [-0.05, 0) is 47.6 Å². The second kappa shape index (κ2) is 7.68. The van der Waals surface area contributed by atoms with Gasteiger partial charge in [-0.3, -0.25) is 14.5 Å². The van der Waals surface area contributed by atoms with Crippen molar-refractivity contribution in [1.29, 1.82) is 0 Å². The highest BCUT2D eigenvalue weighted by Gasteiger charge is 2.30. The maximum atomic E-state index is 12.7. The minimum absolute atomic E-state index is 0.135. The van der Waals surface area contributed by atoms with E-state index in [4.69, 9.17) is 23.8 Å². The number of carbonyl (C=O) groups excluding carboxylic acids is 2. The number of nitrogens with one attached hydrogen (secondary N) is 2. The zero-order valence-corrected chi connectivity index (χ0v) is 15.5. The second-order valence-corrected chi connectivity index (χ2v) is 6.57. The molecule has 0 spiro atoms. The van der Waals surface area contributed by atoms with E-state index in [-0.39, 0.29) is 11.8 Å². The molecule has 2 aromatic carbocycles. The van der Waals surface area contributed by atoms with E-state index in [9.17, 15) is 9.59 Å². The Hall–Kier alpha value is -2.70. The van der Waals surface area contributed by atoms with Crippen molar-refractivity contribution < 1.29 is 9.59 Å². The van der Waals surface area contributed by atoms with Crippen molar-refractivity contribution in [2.45, 2.75) is 13.5 Å². The summed E-state index contributed by atoms with van der Waals surface area (Å²) in [5, 5.41) is 6.58. The summed E-state index contributed by atoms with van der Waals surface area (Å²) in [6.45, 7) is 1.76. The molecule has 1 aliphatic rings. The van der Waals surface area contributed by atoms with E-state index in [2.05, 4.69) is 10.6 Å². The number of hydrogen-bond donors (Lipinski definition) is 2. The Balaban J connectivity index is 1.76. The molecule has 0 bridgehead atoms. The van der Waals surface area contributed by atoms with Crippen molar-refractivity contribution in [3.63, 3.8) is 0 Å². The zero-order valence-electron chi connectivity index (χ0n) is 14.0. The van der Waals surface area contributed by atoms with Crippen molar-refractivity contribution >= 4 is 52.5 Å². The summed E-state index contributed by atoms with van der Waals surface area (Å²) in [5.74, 6) is -0.342. The topological polar surface area (TPSA) is 61.4 Å². The van der Waals surface area contributed by atoms with Crippen molar-refractivity contribution in [3.05, 3.63) is 70.4 Å². The molecule has 5 nitrogen and oxygen atoms in total. The van der Waals surface area contributed by atoms with Crippen molar-refractivity contribution in [2.24, 2.45) is 0 Å². The monoisotopic (exact) mass is 385 g/mol. The molecule has 0 radical (unpaired) electrons. The quantitative estimate of drug-likeness (QED) is 0.624. The minimum atomic E-state index is -0.208. The Morgan fingerprint density at radius 1 is 1.23 bits per heavy atom. The molecule has 0 saturated carbocycles. The van der Waals surface area contributed by atoms with E-state index >= 15 is 0 Å². The normalized spacial score (nSPS) is 15.3. The summed E-state index contributed by atoms with van der Waals surface area (Å²) in [5.41, 5.74) is 2.74. The first-order valence-electron chi connectivity index (χ1n) is 7.89. The molecule has 1 aliphatic heterocycles. The maximum Gasteiger partial charge on any atom is 0.276 e. The maximum absolute atomic E-state index is 12.7. The van der Waals surface area contributed by atoms with Crippen molar-refractivity contribution in [3.8, 4) is 0 Å². The van der Waals surface area contributed by atoms with Gasteiger partial charge in [-0.1, -0.05) is 41.9 Å². The number of amides is 2. The van der Waals surface area contributed by atoms with Gasteiger partial charge < -0.3 is 10.6 Å². The molecule has 2 aromatic rings. The van der Waals surface area contributed by atoms with Crippen LogP contribution >= 0.6 is 23.8 Å². The van der Waals surface area contributed by atoms with Crippen LogP contribution in [0.1, 0.15) is 18.1 Å². The highest BCUT2D eigenvalue weighted by molar-refractivity contribution is 7.80. The van der Waals surface area contributed by atoms with Gasteiger partial charge >= 0.3 is 0 Å². The fraction of sp³-hybridized carbons (Fsp3) is 0.105. The SMILES string of the molecule is CC(=O)Nc1ccc(/C=C2\NC(=S)N(Cc3ccccc3Cl)C2=O)cc1. The summed E-state index contributed by atoms with van der Waals surface area (Å²) >= 11 is 11.5. The highest BCUT2D eigenvalue weighted by Crippen LogP contribution is 2.22. The summed E-state index contributed by atoms with van der Waals surface area (Å²) in [6, 6.07) is 14.5. The Morgan fingerprint density at radius 2 is 1.92 bits per heavy atom. The Labute approximate surface area is 161 Å². The number of benzene rings is 2. The first-order valence-corrected chi connectivity index (χ1v) is 8.68. The van der Waals surface area contributed by atoms with Crippen molar-refractivity contribution in [2.75, 3.05) is 5.32 Å². The fourth-order valence-electron chi connectivity index (χ4n) is 2.54. The van der Waals surface area contributed by atoms with E-state index in [1.54, 1.807) is 24.3 Å². The smallest absolute Gasteiger partial charge is 0.276 e. The van der Waals surface area contributed by atoms with Gasteiger partial charge in [-0.2, -0.15) is 0 Å². The number of nitrogens with zero attached hydrogens (tertiary/aromatic N) is 1. The molecule has 2 amide bonds. The lowest BCUT2D eigenvalue weighted by molar-refractivity contribution is -0.122. The van der Waals surface area contributed by atoms with E-state index in [1.807, 2.05) is 30.3 Å². The summed E-state index contributed by atoms with van der Waals surface area (Å²) < 4.78 is 0. The van der Waals surface area contributed by atoms with Gasteiger partial charge in [-0.25, -0.2) is 0 Å². The molecule has 0 unspecified atom stereocenters. The molecule has 132 valence electrons. The molecule has 0 aliphatic carbocycles. The third kappa shape index (κ3) is 4.09. The Bertz CT molecular complexity index is 909. The van der Waals surface area contributed by atoms with Crippen LogP contribution in [0.25, 0.3) is 6.08 Å². The molecule has 2 N–H and O–H groups in total. The van der Waals surface area contributed by atoms with E-state index < -0.39 is 0 Å². The minimum Gasteiger partial charge on any atom is -0.328 e. The molecule has 26 heavy (non-hydrogen) atoms. The fourth-order valence-corrected chi connectivity index (χ4v) is 3.00. The van der Waals surface area contributed by atoms with E-state index in [0.717, 1.165) is 11.1 Å². The van der Waals surface area contributed by atoms with Crippen LogP contribution < -0.4 is 10.6 Å². The van der Waals surface area contributed by atoms with E-state index in [1.165, 1.54) is 11.8 Å². The third-order valence-corrected chi connectivity index (χ3v) is 4.48. The molecule has 1 saturated heterocycles. The molecule has 7 heteroatoms. The zero-order chi connectivity index (χ0) is 18.7. The van der Waals surface area contributed by atoms with Crippen molar-refractivity contribution in [1.82, 2.24) is 10.2 Å². The van der Waals surface area contributed by atoms with E-state index in [0.29, 0.717) is 28.1 Å². The number of carbonyl (C=O) groups is 2. The first-order chi connectivity index (χ1) is 12.4. The van der Waals surface area contributed by atoms with Gasteiger partial charge in [0.2, 0.25) is 5.91 Å². The predicted molar refractivity (Wildman–Crippen MR) is 106 cm³/mol. The largest absolute Gasteiger partial charge is 0.328 e. The number of thiocarbonyl (C=S) groups is 1. The second-order valence-electron chi connectivity index (χ2n) is 5.77. The van der Waals surface area contributed by atoms with Crippen LogP contribution in [0, 0.1) is 0 Å². The van der Waals surface area contributed by atoms with Gasteiger partial charge in [0.15, 0.2) is 5.11 Å². The van der Waals surface area contributed by atoms with Gasteiger partial charge in [0.25, 0.3) is 5.91 Å². The lowest BCUT2D eigenvalue weighted by Gasteiger charge is -2.14. The van der Waals surface area contributed by atoms with Gasteiger partial charge in [-0.15, -0.1) is 0 Å². The number of halogens is 1. The van der Waals surface area contributed by atoms with Crippen LogP contribution in [0.3, 0.4) is 0 Å². The third-order valence-electron chi connectivity index (χ3n) is 3.79. The van der Waals surface area contributed by atoms with Crippen LogP contribution in [-0.4, -0.2) is 21.8 Å². The van der Waals surface area contributed by atoms with Crippen LogP contribution in [0.5, 0.6) is 0 Å². The molecule has 3 rings (SSSR count). The van der Waals surface area contributed by atoms with Crippen LogP contribution in [0.2, 0.25) is 5.02 Å². The van der Waals surface area contributed by atoms with Gasteiger partial charge in [0.05, 0.1) is 6.54 Å². The number of anilines is 1. The summed E-state index contributed by atoms with van der Waals surface area (Å²) in [7, 11) is 0. The van der Waals surface area contributed by atoms with Crippen LogP contribution in [0.15, 0.2) is 54.2 Å². The van der Waals surface area contributed by atoms with Crippen LogP contribution in [0.4, 0.5) is 5.69 Å². The summed E-state index contributed by atoms with van der Waals surface area (Å²) in [6.07, 6.45) is 1.72. The molecule has 0 atom stereocenters. The highest BCUT2D eigenvalue weighted by atomic mass is 35.5.